The summed E-state index contributed by atoms with van der Waals surface area (Å²) in [6.07, 6.45) is 6.48. The van der Waals surface area contributed by atoms with E-state index in [2.05, 4.69) is 30.5 Å². The van der Waals surface area contributed by atoms with Gasteiger partial charge >= 0.3 is 0 Å². The molecular weight excluding hydrogens is 248 g/mol. The van der Waals surface area contributed by atoms with Crippen LogP contribution in [0.2, 0.25) is 0 Å². The molecule has 1 aromatic carbocycles. The fraction of sp³-hybridized carbons (Fsp3) is 0.588. The second kappa shape index (κ2) is 6.78. The van der Waals surface area contributed by atoms with Gasteiger partial charge in [-0.15, -0.1) is 0 Å². The summed E-state index contributed by atoms with van der Waals surface area (Å²) >= 11 is 0. The lowest BCUT2D eigenvalue weighted by molar-refractivity contribution is -0.114. The quantitative estimate of drug-likeness (QED) is 0.857. The van der Waals surface area contributed by atoms with E-state index in [1.807, 2.05) is 12.1 Å². The molecule has 2 N–H and O–H groups in total. The molecular formula is C17H26N2O. The summed E-state index contributed by atoms with van der Waals surface area (Å²) in [4.78, 5) is 11.1. The van der Waals surface area contributed by atoms with Crippen molar-refractivity contribution in [3.8, 4) is 0 Å². The molecule has 20 heavy (non-hydrogen) atoms. The van der Waals surface area contributed by atoms with Gasteiger partial charge in [-0.05, 0) is 56.2 Å². The van der Waals surface area contributed by atoms with Crippen molar-refractivity contribution >= 4 is 17.3 Å². The van der Waals surface area contributed by atoms with Crippen LogP contribution in [0.5, 0.6) is 0 Å². The van der Waals surface area contributed by atoms with Gasteiger partial charge in [-0.2, -0.15) is 0 Å². The minimum atomic E-state index is -0.0248. The minimum Gasteiger partial charge on any atom is -0.382 e. The van der Waals surface area contributed by atoms with Crippen molar-refractivity contribution < 1.29 is 4.79 Å². The van der Waals surface area contributed by atoms with E-state index in [9.17, 15) is 4.79 Å². The molecule has 1 saturated carbocycles. The molecule has 2 rings (SSSR count). The Balaban J connectivity index is 2.00. The highest BCUT2D eigenvalue weighted by Gasteiger charge is 2.20. The predicted octanol–water partition coefficient (Wildman–Crippen LogP) is 4.33. The molecule has 0 radical (unpaired) electrons. The molecule has 0 aromatic heterocycles. The van der Waals surface area contributed by atoms with Crippen molar-refractivity contribution in [3.05, 3.63) is 23.8 Å². The molecule has 0 saturated heterocycles. The van der Waals surface area contributed by atoms with Crippen LogP contribution in [0.15, 0.2) is 18.2 Å². The Morgan fingerprint density at radius 3 is 2.55 bits per heavy atom. The van der Waals surface area contributed by atoms with Crippen LogP contribution < -0.4 is 10.6 Å². The van der Waals surface area contributed by atoms with Crippen molar-refractivity contribution in [1.29, 1.82) is 0 Å². The number of hydrogen-bond donors (Lipinski definition) is 2. The molecule has 1 aliphatic carbocycles. The van der Waals surface area contributed by atoms with Crippen LogP contribution in [0, 0.1) is 12.8 Å². The van der Waals surface area contributed by atoms with Gasteiger partial charge in [-0.3, -0.25) is 4.79 Å². The Bertz CT molecular complexity index is 462. The van der Waals surface area contributed by atoms with Crippen molar-refractivity contribution in [2.45, 2.75) is 58.9 Å². The van der Waals surface area contributed by atoms with Gasteiger partial charge in [0.2, 0.25) is 5.91 Å². The lowest BCUT2D eigenvalue weighted by atomic mass is 9.84. The van der Waals surface area contributed by atoms with Gasteiger partial charge in [0, 0.05) is 24.3 Å². The van der Waals surface area contributed by atoms with E-state index in [0.717, 1.165) is 17.3 Å². The van der Waals surface area contributed by atoms with Gasteiger partial charge in [0.25, 0.3) is 0 Å². The molecule has 110 valence electrons. The van der Waals surface area contributed by atoms with Crippen LogP contribution in [0.4, 0.5) is 11.4 Å². The smallest absolute Gasteiger partial charge is 0.221 e. The summed E-state index contributed by atoms with van der Waals surface area (Å²) in [5, 5.41) is 6.50. The van der Waals surface area contributed by atoms with Crippen LogP contribution >= 0.6 is 0 Å². The number of amides is 1. The summed E-state index contributed by atoms with van der Waals surface area (Å²) < 4.78 is 0. The van der Waals surface area contributed by atoms with E-state index < -0.39 is 0 Å². The average Bonchev–Trinajstić information content (AvgIpc) is 2.43. The van der Waals surface area contributed by atoms with Gasteiger partial charge in [-0.25, -0.2) is 0 Å². The maximum absolute atomic E-state index is 11.1. The van der Waals surface area contributed by atoms with Crippen molar-refractivity contribution in [2.75, 3.05) is 10.6 Å². The number of carbonyl (C=O) groups is 1. The van der Waals surface area contributed by atoms with Crippen LogP contribution in [0.3, 0.4) is 0 Å². The summed E-state index contributed by atoms with van der Waals surface area (Å²) in [7, 11) is 0. The third-order valence-electron chi connectivity index (χ3n) is 4.34. The first-order valence-electron chi connectivity index (χ1n) is 7.73. The minimum absolute atomic E-state index is 0.0248. The summed E-state index contributed by atoms with van der Waals surface area (Å²) in [5.41, 5.74) is 3.25. The molecule has 0 aliphatic heterocycles. The molecule has 3 heteroatoms. The zero-order chi connectivity index (χ0) is 14.5. The number of hydrogen-bond acceptors (Lipinski definition) is 2. The number of anilines is 2. The van der Waals surface area contributed by atoms with Gasteiger partial charge < -0.3 is 10.6 Å². The molecule has 3 nitrogen and oxygen atoms in total. The van der Waals surface area contributed by atoms with E-state index in [1.54, 1.807) is 6.92 Å². The topological polar surface area (TPSA) is 41.1 Å². The second-order valence-corrected chi connectivity index (χ2v) is 5.98. The standard InChI is InChI=1S/C17H26N2O/c1-4-14-6-9-15(10-7-14)19-17-11-16(18-13(3)20)8-5-12(17)2/h5,8,11,14-15,19H,4,6-7,9-10H2,1-3H3,(H,18,20). The molecule has 0 heterocycles. The Kier molecular flexibility index (Phi) is 5.05. The second-order valence-electron chi connectivity index (χ2n) is 5.98. The van der Waals surface area contributed by atoms with Gasteiger partial charge in [0.15, 0.2) is 0 Å². The van der Waals surface area contributed by atoms with Crippen LogP contribution in [-0.2, 0) is 4.79 Å². The van der Waals surface area contributed by atoms with Crippen molar-refractivity contribution in [2.24, 2.45) is 5.92 Å². The highest BCUT2D eigenvalue weighted by molar-refractivity contribution is 5.89. The summed E-state index contributed by atoms with van der Waals surface area (Å²) in [5.74, 6) is 0.892. The maximum atomic E-state index is 11.1. The molecule has 0 unspecified atom stereocenters. The summed E-state index contributed by atoms with van der Waals surface area (Å²) in [6.45, 7) is 5.94. The zero-order valence-corrected chi connectivity index (χ0v) is 12.8. The third-order valence-corrected chi connectivity index (χ3v) is 4.34. The number of carbonyl (C=O) groups excluding carboxylic acids is 1. The Hall–Kier alpha value is -1.51. The number of benzene rings is 1. The number of rotatable bonds is 4. The molecule has 0 atom stereocenters. The van der Waals surface area contributed by atoms with Crippen molar-refractivity contribution in [1.82, 2.24) is 0 Å². The number of aryl methyl sites for hydroxylation is 1. The average molecular weight is 274 g/mol. The molecule has 1 fully saturated rings. The van der Waals surface area contributed by atoms with E-state index in [4.69, 9.17) is 0 Å². The van der Waals surface area contributed by atoms with Crippen LogP contribution in [0.25, 0.3) is 0 Å². The first-order chi connectivity index (χ1) is 9.58. The first-order valence-corrected chi connectivity index (χ1v) is 7.73. The summed E-state index contributed by atoms with van der Waals surface area (Å²) in [6, 6.07) is 6.63. The Morgan fingerprint density at radius 2 is 1.95 bits per heavy atom. The SMILES string of the molecule is CCC1CCC(Nc2cc(NC(C)=O)ccc2C)CC1. The van der Waals surface area contributed by atoms with E-state index in [0.29, 0.717) is 6.04 Å². The molecule has 1 amide bonds. The van der Waals surface area contributed by atoms with Gasteiger partial charge in [0.05, 0.1) is 0 Å². The highest BCUT2D eigenvalue weighted by atomic mass is 16.1. The Labute approximate surface area is 122 Å². The normalized spacial score (nSPS) is 22.4. The van der Waals surface area contributed by atoms with E-state index >= 15 is 0 Å². The Morgan fingerprint density at radius 1 is 1.25 bits per heavy atom. The lowest BCUT2D eigenvalue weighted by Crippen LogP contribution is -2.26. The fourth-order valence-corrected chi connectivity index (χ4v) is 2.99. The molecule has 1 aliphatic rings. The maximum Gasteiger partial charge on any atom is 0.221 e. The van der Waals surface area contributed by atoms with E-state index in [-0.39, 0.29) is 5.91 Å². The lowest BCUT2D eigenvalue weighted by Gasteiger charge is -2.29. The highest BCUT2D eigenvalue weighted by Crippen LogP contribution is 2.30. The molecule has 1 aromatic rings. The van der Waals surface area contributed by atoms with Gasteiger partial charge in [-0.1, -0.05) is 19.4 Å². The predicted molar refractivity (Wildman–Crippen MR) is 85.1 cm³/mol. The largest absolute Gasteiger partial charge is 0.382 e. The van der Waals surface area contributed by atoms with Crippen molar-refractivity contribution in [3.63, 3.8) is 0 Å². The zero-order valence-electron chi connectivity index (χ0n) is 12.8. The number of nitrogens with one attached hydrogen (secondary N) is 2. The third kappa shape index (κ3) is 3.99. The molecule has 0 spiro atoms. The monoisotopic (exact) mass is 274 g/mol. The van der Waals surface area contributed by atoms with Crippen LogP contribution in [0.1, 0.15) is 51.5 Å². The van der Waals surface area contributed by atoms with E-state index in [1.165, 1.54) is 37.7 Å². The fourth-order valence-electron chi connectivity index (χ4n) is 2.99. The van der Waals surface area contributed by atoms with Gasteiger partial charge in [0.1, 0.15) is 0 Å². The first kappa shape index (κ1) is 14.9. The van der Waals surface area contributed by atoms with Crippen LogP contribution in [-0.4, -0.2) is 11.9 Å². The molecule has 0 bridgehead atoms.